The zero-order chi connectivity index (χ0) is 17.7. The molecule has 2 aliphatic heterocycles. The molecule has 5 heteroatoms. The topological polar surface area (TPSA) is 42.0 Å². The number of likely N-dealkylation sites (N-methyl/N-ethyl adjacent to an activating group) is 1. The van der Waals surface area contributed by atoms with Gasteiger partial charge in [-0.05, 0) is 24.8 Å². The fraction of sp³-hybridized carbons (Fsp3) is 0.650. The Morgan fingerprint density at radius 1 is 1.36 bits per heavy atom. The highest BCUT2D eigenvalue weighted by Gasteiger charge is 2.47. The molecule has 1 aromatic carbocycles. The number of likely N-dealkylation sites (tertiary alicyclic amines) is 1. The number of piperidine rings is 1. The number of hydrogen-bond donors (Lipinski definition) is 0. The number of hydrogen-bond acceptors (Lipinski definition) is 4. The van der Waals surface area contributed by atoms with E-state index in [9.17, 15) is 4.79 Å². The van der Waals surface area contributed by atoms with Crippen LogP contribution in [0.4, 0.5) is 0 Å². The zero-order valence-corrected chi connectivity index (χ0v) is 15.4. The van der Waals surface area contributed by atoms with Crippen LogP contribution in [-0.4, -0.2) is 75.4 Å². The van der Waals surface area contributed by atoms with Crippen molar-refractivity contribution in [3.8, 4) is 0 Å². The molecular weight excluding hydrogens is 316 g/mol. The van der Waals surface area contributed by atoms with Crippen LogP contribution in [0.1, 0.15) is 18.4 Å². The van der Waals surface area contributed by atoms with Gasteiger partial charge in [-0.25, -0.2) is 0 Å². The number of rotatable bonds is 7. The zero-order valence-electron chi connectivity index (χ0n) is 15.4. The number of ether oxygens (including phenoxy) is 2. The summed E-state index contributed by atoms with van der Waals surface area (Å²) >= 11 is 0. The minimum absolute atomic E-state index is 0.0172. The number of amides is 1. The predicted octanol–water partition coefficient (Wildman–Crippen LogP) is 1.81. The third kappa shape index (κ3) is 4.60. The molecule has 2 heterocycles. The van der Waals surface area contributed by atoms with Gasteiger partial charge < -0.3 is 19.3 Å². The first-order valence-corrected chi connectivity index (χ1v) is 9.25. The molecule has 0 radical (unpaired) electrons. The Kier molecular flexibility index (Phi) is 6.10. The maximum Gasteiger partial charge on any atom is 0.248 e. The molecule has 2 saturated heterocycles. The second kappa shape index (κ2) is 8.30. The van der Waals surface area contributed by atoms with Crippen molar-refractivity contribution in [3.05, 3.63) is 35.9 Å². The monoisotopic (exact) mass is 346 g/mol. The van der Waals surface area contributed by atoms with Crippen LogP contribution in [0.3, 0.4) is 0 Å². The molecule has 1 amide bonds. The van der Waals surface area contributed by atoms with E-state index < -0.39 is 0 Å². The molecule has 0 bridgehead atoms. The van der Waals surface area contributed by atoms with Gasteiger partial charge in [0.1, 0.15) is 6.61 Å². The summed E-state index contributed by atoms with van der Waals surface area (Å²) in [7, 11) is 3.52. The number of benzene rings is 1. The highest BCUT2D eigenvalue weighted by atomic mass is 16.5. The van der Waals surface area contributed by atoms with E-state index in [0.29, 0.717) is 6.61 Å². The predicted molar refractivity (Wildman–Crippen MR) is 97.5 cm³/mol. The molecule has 0 aliphatic carbocycles. The second-order valence-electron chi connectivity index (χ2n) is 7.55. The fourth-order valence-electron chi connectivity index (χ4n) is 3.94. The first-order valence-electron chi connectivity index (χ1n) is 9.25. The molecule has 25 heavy (non-hydrogen) atoms. The van der Waals surface area contributed by atoms with Crippen LogP contribution in [0, 0.1) is 5.41 Å². The molecular formula is C20H30N2O3. The van der Waals surface area contributed by atoms with Crippen LogP contribution in [0.2, 0.25) is 0 Å². The minimum Gasteiger partial charge on any atom is -0.377 e. The minimum atomic E-state index is 0.0172. The van der Waals surface area contributed by atoms with Crippen molar-refractivity contribution in [3.63, 3.8) is 0 Å². The average Bonchev–Trinajstić information content (AvgIpc) is 3.03. The van der Waals surface area contributed by atoms with E-state index in [2.05, 4.69) is 35.2 Å². The molecule has 0 aromatic heterocycles. The van der Waals surface area contributed by atoms with Gasteiger partial charge in [0, 0.05) is 45.8 Å². The van der Waals surface area contributed by atoms with E-state index in [4.69, 9.17) is 9.47 Å². The standard InChI is InChI=1S/C20H30N2O3/c1-21(2)19(23)14-24-16-20-10-13-25-18(20)9-12-22(15-20)11-8-17-6-4-3-5-7-17/h3-7,18H,8-16H2,1-2H3/t18-,20+/m0/s1. The summed E-state index contributed by atoms with van der Waals surface area (Å²) in [5, 5.41) is 0. The lowest BCUT2D eigenvalue weighted by Gasteiger charge is -2.43. The van der Waals surface area contributed by atoms with Crippen LogP contribution in [0.5, 0.6) is 0 Å². The summed E-state index contributed by atoms with van der Waals surface area (Å²) in [6.07, 6.45) is 3.42. The van der Waals surface area contributed by atoms with E-state index in [1.165, 1.54) is 5.56 Å². The number of nitrogens with zero attached hydrogens (tertiary/aromatic N) is 2. The molecule has 138 valence electrons. The summed E-state index contributed by atoms with van der Waals surface area (Å²) in [6.45, 7) is 4.72. The second-order valence-corrected chi connectivity index (χ2v) is 7.55. The Morgan fingerprint density at radius 2 is 2.16 bits per heavy atom. The summed E-state index contributed by atoms with van der Waals surface area (Å²) < 4.78 is 11.8. The summed E-state index contributed by atoms with van der Waals surface area (Å²) in [5.41, 5.74) is 1.43. The lowest BCUT2D eigenvalue weighted by molar-refractivity contribution is -0.136. The molecule has 3 rings (SSSR count). The maximum atomic E-state index is 11.8. The normalized spacial score (nSPS) is 26.4. The van der Waals surface area contributed by atoms with Gasteiger partial charge in [-0.15, -0.1) is 0 Å². The van der Waals surface area contributed by atoms with Crippen LogP contribution in [0.25, 0.3) is 0 Å². The smallest absolute Gasteiger partial charge is 0.248 e. The van der Waals surface area contributed by atoms with Crippen molar-refractivity contribution < 1.29 is 14.3 Å². The van der Waals surface area contributed by atoms with Gasteiger partial charge in [0.15, 0.2) is 0 Å². The number of fused-ring (bicyclic) bond motifs is 1. The quantitative estimate of drug-likeness (QED) is 0.755. The van der Waals surface area contributed by atoms with Gasteiger partial charge in [0.05, 0.1) is 12.7 Å². The number of carbonyl (C=O) groups is 1. The van der Waals surface area contributed by atoms with Crippen molar-refractivity contribution in [1.82, 2.24) is 9.80 Å². The Bertz CT molecular complexity index is 563. The molecule has 1 aromatic rings. The Balaban J connectivity index is 1.54. The van der Waals surface area contributed by atoms with Gasteiger partial charge in [-0.3, -0.25) is 4.79 Å². The molecule has 2 fully saturated rings. The van der Waals surface area contributed by atoms with Crippen LogP contribution in [-0.2, 0) is 20.7 Å². The molecule has 2 atom stereocenters. The van der Waals surface area contributed by atoms with E-state index in [1.807, 2.05) is 0 Å². The molecule has 5 nitrogen and oxygen atoms in total. The van der Waals surface area contributed by atoms with E-state index in [-0.39, 0.29) is 24.0 Å². The lowest BCUT2D eigenvalue weighted by atomic mass is 9.77. The molecule has 2 aliphatic rings. The molecule has 0 N–H and O–H groups in total. The third-order valence-corrected chi connectivity index (χ3v) is 5.52. The third-order valence-electron chi connectivity index (χ3n) is 5.52. The van der Waals surface area contributed by atoms with Crippen LogP contribution < -0.4 is 0 Å². The molecule has 0 unspecified atom stereocenters. The maximum absolute atomic E-state index is 11.8. The Labute approximate surface area is 150 Å². The summed E-state index contributed by atoms with van der Waals surface area (Å²) in [5.74, 6) is 0.0172. The van der Waals surface area contributed by atoms with Crippen molar-refractivity contribution in [2.24, 2.45) is 5.41 Å². The Morgan fingerprint density at radius 3 is 2.92 bits per heavy atom. The van der Waals surface area contributed by atoms with Crippen molar-refractivity contribution >= 4 is 5.91 Å². The fourth-order valence-corrected chi connectivity index (χ4v) is 3.94. The van der Waals surface area contributed by atoms with Crippen LogP contribution in [0.15, 0.2) is 30.3 Å². The van der Waals surface area contributed by atoms with Gasteiger partial charge in [0.2, 0.25) is 5.91 Å². The molecule has 0 saturated carbocycles. The highest BCUT2D eigenvalue weighted by Crippen LogP contribution is 2.41. The number of carbonyl (C=O) groups excluding carboxylic acids is 1. The SMILES string of the molecule is CN(C)C(=O)COC[C@]12CCO[C@H]1CCN(CCc1ccccc1)C2. The van der Waals surface area contributed by atoms with Gasteiger partial charge in [-0.1, -0.05) is 30.3 Å². The van der Waals surface area contributed by atoms with Crippen molar-refractivity contribution in [2.75, 3.05) is 53.6 Å². The van der Waals surface area contributed by atoms with Gasteiger partial charge >= 0.3 is 0 Å². The van der Waals surface area contributed by atoms with Crippen molar-refractivity contribution in [1.29, 1.82) is 0 Å². The largest absolute Gasteiger partial charge is 0.377 e. The van der Waals surface area contributed by atoms with Gasteiger partial charge in [-0.2, -0.15) is 0 Å². The first kappa shape index (κ1) is 18.4. The van der Waals surface area contributed by atoms with E-state index in [1.54, 1.807) is 19.0 Å². The van der Waals surface area contributed by atoms with Crippen molar-refractivity contribution in [2.45, 2.75) is 25.4 Å². The van der Waals surface area contributed by atoms with Gasteiger partial charge in [0.25, 0.3) is 0 Å². The average molecular weight is 346 g/mol. The highest BCUT2D eigenvalue weighted by molar-refractivity contribution is 5.76. The first-order chi connectivity index (χ1) is 12.1. The lowest BCUT2D eigenvalue weighted by Crippen LogP contribution is -2.52. The van der Waals surface area contributed by atoms with E-state index >= 15 is 0 Å². The van der Waals surface area contributed by atoms with Crippen LogP contribution >= 0.6 is 0 Å². The summed E-state index contributed by atoms with van der Waals surface area (Å²) in [6, 6.07) is 10.6. The summed E-state index contributed by atoms with van der Waals surface area (Å²) in [4.78, 5) is 15.9. The molecule has 0 spiro atoms. The Hall–Kier alpha value is -1.43. The van der Waals surface area contributed by atoms with E-state index in [0.717, 1.165) is 45.5 Å².